The van der Waals surface area contributed by atoms with E-state index in [1.165, 1.54) is 37.7 Å². The monoisotopic (exact) mass is 345 g/mol. The topological polar surface area (TPSA) is 53.6 Å². The lowest BCUT2D eigenvalue weighted by molar-refractivity contribution is -0.116. The zero-order chi connectivity index (χ0) is 17.3. The van der Waals surface area contributed by atoms with Crippen LogP contribution in [-0.4, -0.2) is 49.7 Å². The van der Waals surface area contributed by atoms with Gasteiger partial charge in [0.05, 0.1) is 13.2 Å². The first-order chi connectivity index (χ1) is 12.3. The molecule has 0 atom stereocenters. The maximum absolute atomic E-state index is 12.2. The molecule has 1 heterocycles. The molecule has 1 aliphatic heterocycles. The van der Waals surface area contributed by atoms with E-state index in [-0.39, 0.29) is 5.91 Å². The maximum atomic E-state index is 12.2. The summed E-state index contributed by atoms with van der Waals surface area (Å²) in [5.41, 5.74) is 2.13. The van der Waals surface area contributed by atoms with Gasteiger partial charge in [-0.2, -0.15) is 0 Å². The van der Waals surface area contributed by atoms with Gasteiger partial charge in [-0.05, 0) is 30.5 Å². The summed E-state index contributed by atoms with van der Waals surface area (Å²) >= 11 is 0. The van der Waals surface area contributed by atoms with Gasteiger partial charge in [-0.3, -0.25) is 9.69 Å². The number of hydrogen-bond acceptors (Lipinski definition) is 4. The van der Waals surface area contributed by atoms with Gasteiger partial charge in [0.25, 0.3) is 0 Å². The van der Waals surface area contributed by atoms with Crippen LogP contribution in [0, 0.1) is 0 Å². The van der Waals surface area contributed by atoms with Crippen molar-refractivity contribution in [2.24, 2.45) is 0 Å². The fraction of sp³-hybridized carbons (Fsp3) is 0.650. The molecule has 0 unspecified atom stereocenters. The molecule has 1 aromatic carbocycles. The Morgan fingerprint density at radius 3 is 2.76 bits per heavy atom. The molecule has 0 spiro atoms. The highest BCUT2D eigenvalue weighted by Crippen LogP contribution is 2.18. The molecule has 5 heteroatoms. The van der Waals surface area contributed by atoms with E-state index in [2.05, 4.69) is 27.7 Å². The maximum Gasteiger partial charge on any atom is 0.225 e. The van der Waals surface area contributed by atoms with E-state index in [1.807, 2.05) is 12.1 Å². The highest BCUT2D eigenvalue weighted by molar-refractivity contribution is 5.90. The van der Waals surface area contributed by atoms with Crippen molar-refractivity contribution in [3.8, 4) is 0 Å². The van der Waals surface area contributed by atoms with E-state index in [4.69, 9.17) is 4.74 Å². The highest BCUT2D eigenvalue weighted by atomic mass is 16.5. The molecule has 2 aliphatic rings. The van der Waals surface area contributed by atoms with Crippen molar-refractivity contribution in [2.75, 3.05) is 38.2 Å². The lowest BCUT2D eigenvalue weighted by Gasteiger charge is -2.26. The molecule has 2 N–H and O–H groups in total. The van der Waals surface area contributed by atoms with Gasteiger partial charge in [-0.1, -0.05) is 31.4 Å². The molecular formula is C20H31N3O2. The second-order valence-corrected chi connectivity index (χ2v) is 7.17. The van der Waals surface area contributed by atoms with Crippen LogP contribution in [-0.2, 0) is 16.1 Å². The van der Waals surface area contributed by atoms with Crippen LogP contribution in [0.25, 0.3) is 0 Å². The zero-order valence-electron chi connectivity index (χ0n) is 15.1. The van der Waals surface area contributed by atoms with Crippen LogP contribution in [0.1, 0.15) is 44.1 Å². The molecule has 1 amide bonds. The van der Waals surface area contributed by atoms with Crippen molar-refractivity contribution in [2.45, 2.75) is 51.1 Å². The second kappa shape index (κ2) is 9.90. The van der Waals surface area contributed by atoms with Gasteiger partial charge in [0.1, 0.15) is 0 Å². The first kappa shape index (κ1) is 18.4. The van der Waals surface area contributed by atoms with Gasteiger partial charge in [0, 0.05) is 44.3 Å². The Bertz CT molecular complexity index is 537. The number of rotatable bonds is 7. The predicted octanol–water partition coefficient (Wildman–Crippen LogP) is 2.77. The Morgan fingerprint density at radius 2 is 1.96 bits per heavy atom. The van der Waals surface area contributed by atoms with Crippen molar-refractivity contribution >= 4 is 11.6 Å². The van der Waals surface area contributed by atoms with Crippen LogP contribution in [0.3, 0.4) is 0 Å². The first-order valence-electron chi connectivity index (χ1n) is 9.72. The summed E-state index contributed by atoms with van der Waals surface area (Å²) in [5, 5.41) is 6.69. The number of carbonyl (C=O) groups is 1. The number of nitrogens with zero attached hydrogens (tertiary/aromatic N) is 1. The lowest BCUT2D eigenvalue weighted by Crippen LogP contribution is -2.38. The van der Waals surface area contributed by atoms with E-state index < -0.39 is 0 Å². The molecular weight excluding hydrogens is 314 g/mol. The van der Waals surface area contributed by atoms with Crippen molar-refractivity contribution < 1.29 is 9.53 Å². The fourth-order valence-corrected chi connectivity index (χ4v) is 3.64. The van der Waals surface area contributed by atoms with Crippen molar-refractivity contribution in [1.82, 2.24) is 10.2 Å². The van der Waals surface area contributed by atoms with Gasteiger partial charge < -0.3 is 15.4 Å². The number of morpholine rings is 1. The largest absolute Gasteiger partial charge is 0.379 e. The van der Waals surface area contributed by atoms with Crippen molar-refractivity contribution in [3.05, 3.63) is 29.8 Å². The van der Waals surface area contributed by atoms with E-state index in [0.717, 1.165) is 45.1 Å². The average molecular weight is 345 g/mol. The van der Waals surface area contributed by atoms with Crippen LogP contribution < -0.4 is 10.6 Å². The van der Waals surface area contributed by atoms with Gasteiger partial charge in [-0.25, -0.2) is 0 Å². The minimum atomic E-state index is 0.0869. The third-order valence-corrected chi connectivity index (χ3v) is 5.17. The summed E-state index contributed by atoms with van der Waals surface area (Å²) in [6, 6.07) is 8.86. The Hall–Kier alpha value is -1.43. The Labute approximate surface area is 151 Å². The Morgan fingerprint density at radius 1 is 1.16 bits per heavy atom. The Balaban J connectivity index is 1.41. The summed E-state index contributed by atoms with van der Waals surface area (Å²) < 4.78 is 5.33. The molecule has 0 bridgehead atoms. The molecule has 1 aliphatic carbocycles. The number of ether oxygens (including phenoxy) is 1. The van der Waals surface area contributed by atoms with Crippen LogP contribution in [0.5, 0.6) is 0 Å². The van der Waals surface area contributed by atoms with Gasteiger partial charge >= 0.3 is 0 Å². The van der Waals surface area contributed by atoms with Crippen LogP contribution in [0.4, 0.5) is 5.69 Å². The number of amides is 1. The molecule has 1 saturated carbocycles. The lowest BCUT2D eigenvalue weighted by atomic mass is 9.95. The normalized spacial score (nSPS) is 19.7. The third-order valence-electron chi connectivity index (χ3n) is 5.17. The highest BCUT2D eigenvalue weighted by Gasteiger charge is 2.13. The van der Waals surface area contributed by atoms with E-state index in [0.29, 0.717) is 12.5 Å². The quantitative estimate of drug-likeness (QED) is 0.798. The predicted molar refractivity (Wildman–Crippen MR) is 101 cm³/mol. The number of anilines is 1. The van der Waals surface area contributed by atoms with Crippen LogP contribution in [0.2, 0.25) is 0 Å². The first-order valence-corrected chi connectivity index (χ1v) is 9.72. The zero-order valence-corrected chi connectivity index (χ0v) is 15.1. The molecule has 5 nitrogen and oxygen atoms in total. The smallest absolute Gasteiger partial charge is 0.225 e. The Kier molecular flexibility index (Phi) is 7.27. The fourth-order valence-electron chi connectivity index (χ4n) is 3.64. The SMILES string of the molecule is O=C(CCN1CCOCC1)Nc1cccc(CNC2CCCCC2)c1. The van der Waals surface area contributed by atoms with E-state index >= 15 is 0 Å². The average Bonchev–Trinajstić information content (AvgIpc) is 2.67. The molecule has 1 aromatic rings. The number of hydrogen-bond donors (Lipinski definition) is 2. The summed E-state index contributed by atoms with van der Waals surface area (Å²) in [5.74, 6) is 0.0869. The van der Waals surface area contributed by atoms with Gasteiger partial charge in [0.15, 0.2) is 0 Å². The van der Waals surface area contributed by atoms with Crippen LogP contribution in [0.15, 0.2) is 24.3 Å². The van der Waals surface area contributed by atoms with Crippen LogP contribution >= 0.6 is 0 Å². The van der Waals surface area contributed by atoms with Crippen molar-refractivity contribution in [1.29, 1.82) is 0 Å². The number of nitrogens with one attached hydrogen (secondary N) is 2. The molecule has 1 saturated heterocycles. The van der Waals surface area contributed by atoms with E-state index in [9.17, 15) is 4.79 Å². The second-order valence-electron chi connectivity index (χ2n) is 7.17. The third kappa shape index (κ3) is 6.42. The minimum absolute atomic E-state index is 0.0869. The summed E-state index contributed by atoms with van der Waals surface area (Å²) in [7, 11) is 0. The van der Waals surface area contributed by atoms with Crippen molar-refractivity contribution in [3.63, 3.8) is 0 Å². The van der Waals surface area contributed by atoms with E-state index in [1.54, 1.807) is 0 Å². The minimum Gasteiger partial charge on any atom is -0.379 e. The standard InChI is InChI=1S/C20H31N3O2/c24-20(9-10-23-11-13-25-14-12-23)22-19-8-4-5-17(15-19)16-21-18-6-2-1-3-7-18/h4-5,8,15,18,21H,1-3,6-7,9-14,16H2,(H,22,24). The summed E-state index contributed by atoms with van der Waals surface area (Å²) in [4.78, 5) is 14.5. The summed E-state index contributed by atoms with van der Waals surface area (Å²) in [6.45, 7) is 5.08. The molecule has 3 rings (SSSR count). The van der Waals surface area contributed by atoms with Gasteiger partial charge in [0.2, 0.25) is 5.91 Å². The molecule has 0 aromatic heterocycles. The molecule has 0 radical (unpaired) electrons. The number of benzene rings is 1. The number of carbonyl (C=O) groups excluding carboxylic acids is 1. The molecule has 25 heavy (non-hydrogen) atoms. The molecule has 2 fully saturated rings. The summed E-state index contributed by atoms with van der Waals surface area (Å²) in [6.07, 6.45) is 7.18. The van der Waals surface area contributed by atoms with Gasteiger partial charge in [-0.15, -0.1) is 0 Å². The molecule has 138 valence electrons.